The van der Waals surface area contributed by atoms with Gasteiger partial charge in [-0.25, -0.2) is 0 Å². The fourth-order valence-corrected chi connectivity index (χ4v) is 1.63. The summed E-state index contributed by atoms with van der Waals surface area (Å²) in [6.45, 7) is 2.28. The molecule has 0 aliphatic rings. The smallest absolute Gasteiger partial charge is 0.147 e. The van der Waals surface area contributed by atoms with Gasteiger partial charge in [0.2, 0.25) is 16.3 Å². The summed E-state index contributed by atoms with van der Waals surface area (Å²) >= 11 is 1.32. The second-order valence-electron chi connectivity index (χ2n) is 3.20. The van der Waals surface area contributed by atoms with E-state index in [1.54, 1.807) is 0 Å². The number of rotatable bonds is 3. The molecular formula is C10H16AlCl. The maximum absolute atomic E-state index is 2.28. The number of hydrogen-bond donors (Lipinski definition) is 0. The van der Waals surface area contributed by atoms with Gasteiger partial charge in [-0.2, -0.15) is 0 Å². The molecular weight excluding hydrogens is 183 g/mol. The van der Waals surface area contributed by atoms with Gasteiger partial charge < -0.3 is 0 Å². The highest BCUT2D eigenvalue weighted by atomic mass is 35.5. The molecule has 0 spiro atoms. The van der Waals surface area contributed by atoms with Crippen molar-refractivity contribution in [3.63, 3.8) is 0 Å². The Morgan fingerprint density at radius 2 is 1.83 bits per heavy atom. The predicted molar refractivity (Wildman–Crippen MR) is 60.0 cm³/mol. The SMILES string of the molecule is CC[CH]([AlH2])Cc1ccccc1.Cl. The minimum Gasteiger partial charge on any atom is -0.147 e. The maximum Gasteiger partial charge on any atom is 0.216 e. The third kappa shape index (κ3) is 4.16. The average Bonchev–Trinajstić information content (AvgIpc) is 2.06. The van der Waals surface area contributed by atoms with Crippen LogP contribution in [0.2, 0.25) is 4.78 Å². The molecule has 1 atom stereocenters. The Morgan fingerprint density at radius 1 is 1.25 bits per heavy atom. The molecule has 0 N–H and O–H groups in total. The van der Waals surface area contributed by atoms with Crippen LogP contribution in [-0.4, -0.2) is 16.3 Å². The Morgan fingerprint density at radius 3 is 2.33 bits per heavy atom. The summed E-state index contributed by atoms with van der Waals surface area (Å²) in [4.78, 5) is 0. The van der Waals surface area contributed by atoms with E-state index in [1.807, 2.05) is 0 Å². The van der Waals surface area contributed by atoms with Crippen LogP contribution in [-0.2, 0) is 6.42 Å². The van der Waals surface area contributed by atoms with E-state index in [0.29, 0.717) is 0 Å². The standard InChI is InChI=1S/C10H13.Al.ClH.2H/c1-2-3-7-10-8-5-4-6-9-10;;;;/h3-6,8-9H,2,7H2,1H3;;1H;;. The lowest BCUT2D eigenvalue weighted by Gasteiger charge is -2.06. The summed E-state index contributed by atoms with van der Waals surface area (Å²) in [7, 11) is 0. The molecule has 0 saturated carbocycles. The Bertz CT molecular complexity index is 198. The first-order valence-electron chi connectivity index (χ1n) is 4.37. The minimum absolute atomic E-state index is 0. The third-order valence-electron chi connectivity index (χ3n) is 2.12. The molecule has 0 bridgehead atoms. The van der Waals surface area contributed by atoms with Crippen LogP contribution >= 0.6 is 12.4 Å². The molecule has 1 aromatic rings. The zero-order valence-electron chi connectivity index (χ0n) is 7.79. The Balaban J connectivity index is 0.00000121. The Hall–Kier alpha value is 0.0425. The molecule has 0 heterocycles. The van der Waals surface area contributed by atoms with Crippen LogP contribution in [0.5, 0.6) is 0 Å². The van der Waals surface area contributed by atoms with Gasteiger partial charge in [0.25, 0.3) is 0 Å². The number of hydrogen-bond acceptors (Lipinski definition) is 0. The molecule has 0 fully saturated rings. The van der Waals surface area contributed by atoms with Crippen molar-refractivity contribution >= 4 is 28.7 Å². The average molecular weight is 199 g/mol. The van der Waals surface area contributed by atoms with E-state index in [-0.39, 0.29) is 12.4 Å². The summed E-state index contributed by atoms with van der Waals surface area (Å²) in [5, 5.41) is 0. The van der Waals surface area contributed by atoms with E-state index < -0.39 is 0 Å². The van der Waals surface area contributed by atoms with Crippen LogP contribution in [0.3, 0.4) is 0 Å². The monoisotopic (exact) mass is 198 g/mol. The van der Waals surface area contributed by atoms with Gasteiger partial charge in [-0.3, -0.25) is 0 Å². The fraction of sp³-hybridized carbons (Fsp3) is 0.400. The Kier molecular flexibility index (Phi) is 6.57. The van der Waals surface area contributed by atoms with Crippen molar-refractivity contribution in [2.45, 2.75) is 24.5 Å². The van der Waals surface area contributed by atoms with Crippen molar-refractivity contribution in [1.82, 2.24) is 0 Å². The van der Waals surface area contributed by atoms with E-state index >= 15 is 0 Å². The van der Waals surface area contributed by atoms with Crippen LogP contribution in [0, 0.1) is 0 Å². The van der Waals surface area contributed by atoms with Crippen molar-refractivity contribution < 1.29 is 0 Å². The van der Waals surface area contributed by atoms with Gasteiger partial charge in [0, 0.05) is 0 Å². The summed E-state index contributed by atoms with van der Waals surface area (Å²) in [6.07, 6.45) is 2.62. The van der Waals surface area contributed by atoms with Gasteiger partial charge in [-0.15, -0.1) is 12.4 Å². The molecule has 0 aromatic heterocycles. The summed E-state index contributed by atoms with van der Waals surface area (Å²) in [5.74, 6) is 0. The van der Waals surface area contributed by atoms with Crippen molar-refractivity contribution in [3.8, 4) is 0 Å². The second-order valence-corrected chi connectivity index (χ2v) is 4.84. The highest BCUT2D eigenvalue weighted by Crippen LogP contribution is 2.12. The topological polar surface area (TPSA) is 0 Å². The van der Waals surface area contributed by atoms with Crippen LogP contribution in [0.1, 0.15) is 18.9 Å². The van der Waals surface area contributed by atoms with Crippen molar-refractivity contribution in [2.24, 2.45) is 0 Å². The molecule has 0 aliphatic heterocycles. The quantitative estimate of drug-likeness (QED) is 0.655. The minimum atomic E-state index is 0. The molecule has 2 heteroatoms. The first-order chi connectivity index (χ1) is 5.33. The molecule has 12 heavy (non-hydrogen) atoms. The van der Waals surface area contributed by atoms with Gasteiger partial charge in [0.1, 0.15) is 0 Å². The van der Waals surface area contributed by atoms with Gasteiger partial charge in [0.15, 0.2) is 0 Å². The Labute approximate surface area is 89.2 Å². The molecule has 0 amide bonds. The second kappa shape index (κ2) is 6.55. The molecule has 1 aromatic carbocycles. The van der Waals surface area contributed by atoms with Gasteiger partial charge in [-0.05, 0) is 12.0 Å². The first-order valence-corrected chi connectivity index (χ1v) is 5.52. The molecule has 0 radical (unpaired) electrons. The molecule has 66 valence electrons. The third-order valence-corrected chi connectivity index (χ3v) is 3.35. The molecule has 1 unspecified atom stereocenters. The molecule has 0 aliphatic carbocycles. The van der Waals surface area contributed by atoms with Crippen LogP contribution in [0.25, 0.3) is 0 Å². The van der Waals surface area contributed by atoms with Crippen LogP contribution in [0.4, 0.5) is 0 Å². The van der Waals surface area contributed by atoms with E-state index in [2.05, 4.69) is 37.3 Å². The lowest BCUT2D eigenvalue weighted by molar-refractivity contribution is 0.791. The maximum atomic E-state index is 2.28. The fourth-order valence-electron chi connectivity index (χ4n) is 1.16. The molecule has 1 rings (SSSR count). The lowest BCUT2D eigenvalue weighted by Crippen LogP contribution is -1.94. The normalized spacial score (nSPS) is 11.8. The zero-order chi connectivity index (χ0) is 8.10. The predicted octanol–water partition coefficient (Wildman–Crippen LogP) is 2.48. The van der Waals surface area contributed by atoms with Gasteiger partial charge >= 0.3 is 0 Å². The van der Waals surface area contributed by atoms with Crippen LogP contribution < -0.4 is 0 Å². The van der Waals surface area contributed by atoms with Gasteiger partial charge in [0.05, 0.1) is 0 Å². The highest BCUT2D eigenvalue weighted by molar-refractivity contribution is 6.11. The largest absolute Gasteiger partial charge is 0.216 e. The van der Waals surface area contributed by atoms with Crippen molar-refractivity contribution in [3.05, 3.63) is 35.9 Å². The number of halogens is 1. The highest BCUT2D eigenvalue weighted by Gasteiger charge is 1.99. The van der Waals surface area contributed by atoms with Crippen molar-refractivity contribution in [1.29, 1.82) is 0 Å². The van der Waals surface area contributed by atoms with E-state index in [9.17, 15) is 0 Å². The van der Waals surface area contributed by atoms with E-state index in [1.165, 1.54) is 34.7 Å². The summed E-state index contributed by atoms with van der Waals surface area (Å²) in [6, 6.07) is 10.8. The summed E-state index contributed by atoms with van der Waals surface area (Å²) < 4.78 is 0.956. The zero-order valence-corrected chi connectivity index (χ0v) is 10.6. The number of benzene rings is 1. The molecule has 0 nitrogen and oxygen atoms in total. The van der Waals surface area contributed by atoms with E-state index in [4.69, 9.17) is 0 Å². The van der Waals surface area contributed by atoms with Gasteiger partial charge in [-0.1, -0.05) is 48.5 Å². The molecule has 0 saturated heterocycles. The first kappa shape index (κ1) is 12.0. The summed E-state index contributed by atoms with van der Waals surface area (Å²) in [5.41, 5.74) is 1.49. The van der Waals surface area contributed by atoms with Crippen LogP contribution in [0.15, 0.2) is 30.3 Å². The van der Waals surface area contributed by atoms with Crippen molar-refractivity contribution in [2.75, 3.05) is 0 Å². The lowest BCUT2D eigenvalue weighted by atomic mass is 10.1. The van der Waals surface area contributed by atoms with E-state index in [0.717, 1.165) is 4.78 Å².